The number of amides is 1. The summed E-state index contributed by atoms with van der Waals surface area (Å²) in [5.41, 5.74) is 3.01. The van der Waals surface area contributed by atoms with Crippen LogP contribution in [-0.2, 0) is 34.6 Å². The smallest absolute Gasteiger partial charge is 0.326 e. The van der Waals surface area contributed by atoms with Gasteiger partial charge in [-0.2, -0.15) is 0 Å². The SMILES string of the molecule is COc1ccc2c(c1OCc1ccccc1)CC(C(=O)O)N(C(=O)C1(c3ccccc3)CC1)C2. The first-order valence-electron chi connectivity index (χ1n) is 11.5. The highest BCUT2D eigenvalue weighted by atomic mass is 16.5. The summed E-state index contributed by atoms with van der Waals surface area (Å²) in [6.07, 6.45) is 1.64. The van der Waals surface area contributed by atoms with Gasteiger partial charge < -0.3 is 19.5 Å². The van der Waals surface area contributed by atoms with E-state index in [1.807, 2.05) is 72.8 Å². The van der Waals surface area contributed by atoms with Crippen LogP contribution in [0.4, 0.5) is 0 Å². The molecule has 3 aromatic carbocycles. The van der Waals surface area contributed by atoms with E-state index in [2.05, 4.69) is 0 Å². The van der Waals surface area contributed by atoms with Crippen LogP contribution >= 0.6 is 0 Å². The molecule has 5 rings (SSSR count). The molecule has 1 fully saturated rings. The molecule has 1 aliphatic carbocycles. The zero-order valence-corrected chi connectivity index (χ0v) is 19.1. The maximum Gasteiger partial charge on any atom is 0.326 e. The minimum atomic E-state index is -1.01. The highest BCUT2D eigenvalue weighted by molar-refractivity contribution is 5.94. The number of nitrogens with zero attached hydrogens (tertiary/aromatic N) is 1. The summed E-state index contributed by atoms with van der Waals surface area (Å²) >= 11 is 0. The van der Waals surface area contributed by atoms with Crippen LogP contribution in [0.5, 0.6) is 11.5 Å². The van der Waals surface area contributed by atoms with Gasteiger partial charge in [-0.15, -0.1) is 0 Å². The van der Waals surface area contributed by atoms with Gasteiger partial charge in [0.15, 0.2) is 11.5 Å². The fourth-order valence-electron chi connectivity index (χ4n) is 4.88. The van der Waals surface area contributed by atoms with Crippen LogP contribution in [0, 0.1) is 0 Å². The predicted molar refractivity (Wildman–Crippen MR) is 127 cm³/mol. The number of aliphatic carboxylic acids is 1. The number of carboxylic acids is 1. The summed E-state index contributed by atoms with van der Waals surface area (Å²) in [4.78, 5) is 27.6. The number of carboxylic acid groups (broad SMARTS) is 1. The second-order valence-corrected chi connectivity index (χ2v) is 8.95. The van der Waals surface area contributed by atoms with Crippen LogP contribution in [0.1, 0.15) is 35.1 Å². The lowest BCUT2D eigenvalue weighted by atomic mass is 9.88. The van der Waals surface area contributed by atoms with Crippen molar-refractivity contribution in [3.63, 3.8) is 0 Å². The fraction of sp³-hybridized carbons (Fsp3) is 0.286. The summed E-state index contributed by atoms with van der Waals surface area (Å²) in [7, 11) is 1.57. The lowest BCUT2D eigenvalue weighted by Crippen LogP contribution is -2.52. The standard InChI is InChI=1S/C28H27NO5/c1-33-24-13-12-20-17-29(27(32)28(14-15-28)21-10-6-3-7-11-21)23(26(30)31)16-22(20)25(24)34-18-19-8-4-2-5-9-19/h2-13,23H,14-18H2,1H3,(H,30,31). The van der Waals surface area contributed by atoms with Crippen molar-refractivity contribution in [2.24, 2.45) is 0 Å². The fourth-order valence-corrected chi connectivity index (χ4v) is 4.88. The van der Waals surface area contributed by atoms with Gasteiger partial charge in [0.1, 0.15) is 12.6 Å². The van der Waals surface area contributed by atoms with Crippen LogP contribution in [0.15, 0.2) is 72.8 Å². The van der Waals surface area contributed by atoms with Crippen molar-refractivity contribution in [1.82, 2.24) is 4.90 Å². The number of benzene rings is 3. The minimum absolute atomic E-state index is 0.112. The highest BCUT2D eigenvalue weighted by Crippen LogP contribution is 2.51. The molecule has 3 aromatic rings. The molecule has 1 aliphatic heterocycles. The Bertz CT molecular complexity index is 1200. The Morgan fingerprint density at radius 3 is 2.29 bits per heavy atom. The number of hydrogen-bond acceptors (Lipinski definition) is 4. The molecule has 6 heteroatoms. The third-order valence-electron chi connectivity index (χ3n) is 6.91. The van der Waals surface area contributed by atoms with Crippen LogP contribution in [0.2, 0.25) is 0 Å². The first-order valence-corrected chi connectivity index (χ1v) is 11.5. The molecule has 1 unspecified atom stereocenters. The molecule has 1 heterocycles. The normalized spacial score (nSPS) is 18.0. The molecule has 2 aliphatic rings. The maximum atomic E-state index is 13.7. The molecule has 0 saturated heterocycles. The van der Waals surface area contributed by atoms with Gasteiger partial charge in [0, 0.05) is 18.5 Å². The molecule has 1 amide bonds. The van der Waals surface area contributed by atoms with E-state index < -0.39 is 17.4 Å². The maximum absolute atomic E-state index is 13.7. The first-order chi connectivity index (χ1) is 16.5. The number of methoxy groups -OCH3 is 1. The molecule has 6 nitrogen and oxygen atoms in total. The van der Waals surface area contributed by atoms with Crippen molar-refractivity contribution in [3.8, 4) is 11.5 Å². The van der Waals surface area contributed by atoms with Gasteiger partial charge in [0.05, 0.1) is 12.5 Å². The van der Waals surface area contributed by atoms with E-state index in [1.54, 1.807) is 7.11 Å². The number of ether oxygens (including phenoxy) is 2. The molecular weight excluding hydrogens is 430 g/mol. The molecule has 1 atom stereocenters. The average molecular weight is 458 g/mol. The number of rotatable bonds is 7. The first kappa shape index (κ1) is 22.0. The second kappa shape index (κ2) is 8.86. The van der Waals surface area contributed by atoms with E-state index >= 15 is 0 Å². The number of hydrogen-bond donors (Lipinski definition) is 1. The summed E-state index contributed by atoms with van der Waals surface area (Å²) in [5.74, 6) is -0.0213. The van der Waals surface area contributed by atoms with Crippen molar-refractivity contribution >= 4 is 11.9 Å². The van der Waals surface area contributed by atoms with E-state index in [9.17, 15) is 14.7 Å². The largest absolute Gasteiger partial charge is 0.493 e. The Balaban J connectivity index is 1.47. The van der Waals surface area contributed by atoms with E-state index in [0.29, 0.717) is 18.1 Å². The Kier molecular flexibility index (Phi) is 5.74. The zero-order chi connectivity index (χ0) is 23.7. The lowest BCUT2D eigenvalue weighted by molar-refractivity contribution is -0.152. The molecule has 0 spiro atoms. The lowest BCUT2D eigenvalue weighted by Gasteiger charge is -2.37. The van der Waals surface area contributed by atoms with Crippen LogP contribution < -0.4 is 9.47 Å². The van der Waals surface area contributed by atoms with Crippen molar-refractivity contribution in [2.75, 3.05) is 7.11 Å². The molecule has 34 heavy (non-hydrogen) atoms. The van der Waals surface area contributed by atoms with Gasteiger partial charge in [-0.05, 0) is 35.6 Å². The van der Waals surface area contributed by atoms with E-state index in [1.165, 1.54) is 4.90 Å². The predicted octanol–water partition coefficient (Wildman–Crippen LogP) is 4.34. The average Bonchev–Trinajstić information content (AvgIpc) is 3.69. The summed E-state index contributed by atoms with van der Waals surface area (Å²) < 4.78 is 11.7. The van der Waals surface area contributed by atoms with Crippen LogP contribution in [-0.4, -0.2) is 35.0 Å². The quantitative estimate of drug-likeness (QED) is 0.571. The summed E-state index contributed by atoms with van der Waals surface area (Å²) in [6.45, 7) is 0.566. The molecule has 174 valence electrons. The van der Waals surface area contributed by atoms with Gasteiger partial charge in [-0.1, -0.05) is 66.7 Å². The monoisotopic (exact) mass is 457 g/mol. The Labute approximate surface area is 198 Å². The molecular formula is C28H27NO5. The van der Waals surface area contributed by atoms with Gasteiger partial charge in [0.25, 0.3) is 0 Å². The molecule has 0 radical (unpaired) electrons. The Hall–Kier alpha value is -3.80. The molecule has 0 aromatic heterocycles. The summed E-state index contributed by atoms with van der Waals surface area (Å²) in [6, 6.07) is 22.2. The molecule has 0 bridgehead atoms. The molecule has 1 saturated carbocycles. The Morgan fingerprint density at radius 2 is 1.68 bits per heavy atom. The summed E-state index contributed by atoms with van der Waals surface area (Å²) in [5, 5.41) is 10.1. The number of fused-ring (bicyclic) bond motifs is 1. The number of carbonyl (C=O) groups is 2. The second-order valence-electron chi connectivity index (χ2n) is 8.95. The van der Waals surface area contributed by atoms with Crippen molar-refractivity contribution in [1.29, 1.82) is 0 Å². The van der Waals surface area contributed by atoms with E-state index in [4.69, 9.17) is 9.47 Å². The highest BCUT2D eigenvalue weighted by Gasteiger charge is 2.55. The van der Waals surface area contributed by atoms with Gasteiger partial charge >= 0.3 is 5.97 Å². The van der Waals surface area contributed by atoms with Crippen molar-refractivity contribution in [2.45, 2.75) is 43.9 Å². The van der Waals surface area contributed by atoms with E-state index in [0.717, 1.165) is 35.1 Å². The topological polar surface area (TPSA) is 76.1 Å². The van der Waals surface area contributed by atoms with Crippen LogP contribution in [0.3, 0.4) is 0 Å². The third-order valence-corrected chi connectivity index (χ3v) is 6.91. The van der Waals surface area contributed by atoms with Crippen molar-refractivity contribution < 1.29 is 24.2 Å². The molecule has 1 N–H and O–H groups in total. The van der Waals surface area contributed by atoms with Gasteiger partial charge in [-0.25, -0.2) is 4.79 Å². The third kappa shape index (κ3) is 3.89. The van der Waals surface area contributed by atoms with Gasteiger partial charge in [-0.3, -0.25) is 4.79 Å². The zero-order valence-electron chi connectivity index (χ0n) is 19.1. The number of carbonyl (C=O) groups excluding carboxylic acids is 1. The van der Waals surface area contributed by atoms with E-state index in [-0.39, 0.29) is 18.9 Å². The minimum Gasteiger partial charge on any atom is -0.493 e. The Morgan fingerprint density at radius 1 is 1.00 bits per heavy atom. The van der Waals surface area contributed by atoms with Gasteiger partial charge in [0.2, 0.25) is 5.91 Å². The van der Waals surface area contributed by atoms with Crippen molar-refractivity contribution in [3.05, 3.63) is 95.1 Å². The van der Waals surface area contributed by atoms with Crippen LogP contribution in [0.25, 0.3) is 0 Å².